The van der Waals surface area contributed by atoms with Crippen LogP contribution in [0.4, 0.5) is 8.78 Å². The molecule has 1 heterocycles. The zero-order valence-corrected chi connectivity index (χ0v) is 9.18. The van der Waals surface area contributed by atoms with Crippen LogP contribution in [0.3, 0.4) is 0 Å². The first-order valence-electron chi connectivity index (χ1n) is 4.04. The average molecular weight is 266 g/mol. The van der Waals surface area contributed by atoms with E-state index in [1.807, 2.05) is 0 Å². The van der Waals surface area contributed by atoms with Gasteiger partial charge in [-0.05, 0) is 12.5 Å². The summed E-state index contributed by atoms with van der Waals surface area (Å²) in [5.41, 5.74) is 1.12. The standard InChI is InChI=1S/C9H10BrF2NO/c1-5-7(2-10)8(9(11)12)6(4-14)3-13-5/h3,9,14H,2,4H2,1H3. The maximum absolute atomic E-state index is 12.7. The molecule has 78 valence electrons. The van der Waals surface area contributed by atoms with Crippen LogP contribution in [0.15, 0.2) is 6.20 Å². The third-order valence-electron chi connectivity index (χ3n) is 2.04. The highest BCUT2D eigenvalue weighted by molar-refractivity contribution is 9.08. The minimum absolute atomic E-state index is 0.100. The summed E-state index contributed by atoms with van der Waals surface area (Å²) in [5.74, 6) is 0. The van der Waals surface area contributed by atoms with Gasteiger partial charge in [0.05, 0.1) is 6.61 Å². The molecular formula is C9H10BrF2NO. The number of alkyl halides is 3. The van der Waals surface area contributed by atoms with Crippen molar-refractivity contribution in [1.82, 2.24) is 4.98 Å². The number of aliphatic hydroxyl groups excluding tert-OH is 1. The molecule has 1 aromatic heterocycles. The highest BCUT2D eigenvalue weighted by atomic mass is 79.9. The molecule has 0 aliphatic carbocycles. The normalized spacial score (nSPS) is 11.0. The SMILES string of the molecule is Cc1ncc(CO)c(C(F)F)c1CBr. The highest BCUT2D eigenvalue weighted by Gasteiger charge is 2.19. The number of aliphatic hydroxyl groups is 1. The Morgan fingerprint density at radius 2 is 2.21 bits per heavy atom. The summed E-state index contributed by atoms with van der Waals surface area (Å²) in [4.78, 5) is 3.94. The first-order chi connectivity index (χ1) is 6.61. The molecule has 1 N–H and O–H groups in total. The fourth-order valence-corrected chi connectivity index (χ4v) is 1.99. The van der Waals surface area contributed by atoms with E-state index in [1.54, 1.807) is 6.92 Å². The first kappa shape index (κ1) is 11.5. The number of aromatic nitrogens is 1. The molecule has 0 saturated heterocycles. The molecule has 0 unspecified atom stereocenters. The summed E-state index contributed by atoms with van der Waals surface area (Å²) < 4.78 is 25.4. The Morgan fingerprint density at radius 1 is 1.57 bits per heavy atom. The van der Waals surface area contributed by atoms with Crippen LogP contribution in [0, 0.1) is 6.92 Å². The fraction of sp³-hybridized carbons (Fsp3) is 0.444. The Kier molecular flexibility index (Phi) is 3.95. The third kappa shape index (κ3) is 2.09. The predicted molar refractivity (Wildman–Crippen MR) is 52.5 cm³/mol. The van der Waals surface area contributed by atoms with Crippen LogP contribution >= 0.6 is 15.9 Å². The van der Waals surface area contributed by atoms with E-state index in [0.29, 0.717) is 16.6 Å². The number of hydrogen-bond acceptors (Lipinski definition) is 2. The van der Waals surface area contributed by atoms with Gasteiger partial charge in [0.1, 0.15) is 0 Å². The Balaban J connectivity index is 3.36. The fourth-order valence-electron chi connectivity index (χ4n) is 1.28. The van der Waals surface area contributed by atoms with E-state index in [9.17, 15) is 8.78 Å². The second kappa shape index (κ2) is 4.79. The summed E-state index contributed by atoms with van der Waals surface area (Å²) in [6, 6.07) is 0. The molecule has 0 aliphatic rings. The van der Waals surface area contributed by atoms with Crippen molar-refractivity contribution < 1.29 is 13.9 Å². The smallest absolute Gasteiger partial charge is 0.264 e. The summed E-state index contributed by atoms with van der Waals surface area (Å²) in [6.45, 7) is 1.26. The zero-order valence-electron chi connectivity index (χ0n) is 7.60. The van der Waals surface area contributed by atoms with Crippen molar-refractivity contribution in [3.63, 3.8) is 0 Å². The van der Waals surface area contributed by atoms with E-state index in [2.05, 4.69) is 20.9 Å². The number of rotatable bonds is 3. The summed E-state index contributed by atoms with van der Waals surface area (Å²) >= 11 is 3.14. The van der Waals surface area contributed by atoms with E-state index in [1.165, 1.54) is 6.20 Å². The van der Waals surface area contributed by atoms with Gasteiger partial charge >= 0.3 is 0 Å². The molecule has 1 rings (SSSR count). The van der Waals surface area contributed by atoms with Crippen LogP contribution in [-0.2, 0) is 11.9 Å². The van der Waals surface area contributed by atoms with Gasteiger partial charge in [-0.2, -0.15) is 0 Å². The first-order valence-corrected chi connectivity index (χ1v) is 5.16. The summed E-state index contributed by atoms with van der Waals surface area (Å²) in [6.07, 6.45) is -1.28. The third-order valence-corrected chi connectivity index (χ3v) is 2.60. The molecule has 0 amide bonds. The molecule has 2 nitrogen and oxygen atoms in total. The lowest BCUT2D eigenvalue weighted by atomic mass is 10.0. The number of pyridine rings is 1. The van der Waals surface area contributed by atoms with E-state index < -0.39 is 13.0 Å². The van der Waals surface area contributed by atoms with Gasteiger partial charge in [-0.1, -0.05) is 15.9 Å². The molecule has 0 bridgehead atoms. The van der Waals surface area contributed by atoms with Crippen molar-refractivity contribution in [2.24, 2.45) is 0 Å². The van der Waals surface area contributed by atoms with Crippen LogP contribution in [0.25, 0.3) is 0 Å². The minimum Gasteiger partial charge on any atom is -0.392 e. The summed E-state index contributed by atoms with van der Waals surface area (Å²) in [7, 11) is 0. The second-order valence-corrected chi connectivity index (χ2v) is 3.41. The van der Waals surface area contributed by atoms with Crippen molar-refractivity contribution in [1.29, 1.82) is 0 Å². The average Bonchev–Trinajstić information content (AvgIpc) is 2.17. The predicted octanol–water partition coefficient (Wildman–Crippen LogP) is 2.71. The topological polar surface area (TPSA) is 33.1 Å². The van der Waals surface area contributed by atoms with Crippen LogP contribution in [0.1, 0.15) is 28.8 Å². The van der Waals surface area contributed by atoms with Crippen molar-refractivity contribution in [2.45, 2.75) is 25.3 Å². The number of nitrogens with zero attached hydrogens (tertiary/aromatic N) is 1. The Labute approximate surface area is 89.1 Å². The van der Waals surface area contributed by atoms with Gasteiger partial charge < -0.3 is 5.11 Å². The van der Waals surface area contributed by atoms with Gasteiger partial charge in [0.15, 0.2) is 0 Å². The summed E-state index contributed by atoms with van der Waals surface area (Å²) in [5, 5.41) is 9.21. The lowest BCUT2D eigenvalue weighted by Gasteiger charge is -2.12. The van der Waals surface area contributed by atoms with Gasteiger partial charge in [0, 0.05) is 28.3 Å². The van der Waals surface area contributed by atoms with E-state index >= 15 is 0 Å². The molecule has 0 spiro atoms. The van der Waals surface area contributed by atoms with Crippen LogP contribution in [0.5, 0.6) is 0 Å². The van der Waals surface area contributed by atoms with Gasteiger partial charge in [-0.15, -0.1) is 0 Å². The van der Waals surface area contributed by atoms with Crippen LogP contribution < -0.4 is 0 Å². The maximum Gasteiger partial charge on any atom is 0.264 e. The van der Waals surface area contributed by atoms with Crippen molar-refractivity contribution in [2.75, 3.05) is 0 Å². The van der Waals surface area contributed by atoms with E-state index in [-0.39, 0.29) is 11.1 Å². The largest absolute Gasteiger partial charge is 0.392 e. The molecule has 0 aliphatic heterocycles. The number of halogens is 3. The molecule has 14 heavy (non-hydrogen) atoms. The molecule has 0 radical (unpaired) electrons. The Morgan fingerprint density at radius 3 is 2.64 bits per heavy atom. The Bertz CT molecular complexity index is 331. The van der Waals surface area contributed by atoms with Crippen molar-refractivity contribution in [3.05, 3.63) is 28.6 Å². The van der Waals surface area contributed by atoms with E-state index in [4.69, 9.17) is 5.11 Å². The van der Waals surface area contributed by atoms with Crippen molar-refractivity contribution >= 4 is 15.9 Å². The quantitative estimate of drug-likeness (QED) is 0.853. The molecule has 0 aromatic carbocycles. The lowest BCUT2D eigenvalue weighted by molar-refractivity contribution is 0.146. The van der Waals surface area contributed by atoms with Gasteiger partial charge in [0.25, 0.3) is 6.43 Å². The molecule has 1 aromatic rings. The van der Waals surface area contributed by atoms with Crippen molar-refractivity contribution in [3.8, 4) is 0 Å². The number of hydrogen-bond donors (Lipinski definition) is 1. The number of aryl methyl sites for hydroxylation is 1. The van der Waals surface area contributed by atoms with Crippen LogP contribution in [-0.4, -0.2) is 10.1 Å². The lowest BCUT2D eigenvalue weighted by Crippen LogP contribution is -2.04. The molecular weight excluding hydrogens is 256 g/mol. The molecule has 5 heteroatoms. The van der Waals surface area contributed by atoms with Gasteiger partial charge in [-0.25, -0.2) is 8.78 Å². The minimum atomic E-state index is -2.58. The maximum atomic E-state index is 12.7. The molecule has 0 saturated carbocycles. The van der Waals surface area contributed by atoms with E-state index in [0.717, 1.165) is 0 Å². The van der Waals surface area contributed by atoms with Gasteiger partial charge in [0.2, 0.25) is 0 Å². The Hall–Kier alpha value is -0.550. The molecule has 0 fully saturated rings. The van der Waals surface area contributed by atoms with Crippen LogP contribution in [0.2, 0.25) is 0 Å². The van der Waals surface area contributed by atoms with Gasteiger partial charge in [-0.3, -0.25) is 4.98 Å². The molecule has 0 atom stereocenters. The monoisotopic (exact) mass is 265 g/mol. The highest BCUT2D eigenvalue weighted by Crippen LogP contribution is 2.29. The second-order valence-electron chi connectivity index (χ2n) is 2.85. The zero-order chi connectivity index (χ0) is 10.7.